The average molecular weight is 299 g/mol. The molecule has 0 spiro atoms. The minimum atomic E-state index is 0. The summed E-state index contributed by atoms with van der Waals surface area (Å²) in [4.78, 5) is 11.7. The largest absolute Gasteiger partial charge is 0.376 e. The van der Waals surface area contributed by atoms with Gasteiger partial charge in [0.2, 0.25) is 5.91 Å². The van der Waals surface area contributed by atoms with Crippen LogP contribution in [0, 0.1) is 0 Å². The summed E-state index contributed by atoms with van der Waals surface area (Å²) in [6.45, 7) is 2.99. The van der Waals surface area contributed by atoms with Gasteiger partial charge in [-0.2, -0.15) is 0 Å². The maximum absolute atomic E-state index is 11.7. The standard InChI is InChI=1S/C15H22N2O2.ClH/c18-15(17-14-7-4-9-16-11-14)8-10-19-12-13-5-2-1-3-6-13;/h1-3,5-6,14,16H,4,7-12H2,(H,17,18);1H/t14-;/m0./s1. The van der Waals surface area contributed by atoms with Crippen molar-refractivity contribution in [1.29, 1.82) is 0 Å². The zero-order valence-corrected chi connectivity index (χ0v) is 12.5. The Balaban J connectivity index is 0.00000200. The minimum absolute atomic E-state index is 0. The predicted octanol–water partition coefficient (Wildman–Crippen LogP) is 1.88. The van der Waals surface area contributed by atoms with Crippen LogP contribution in [0.2, 0.25) is 0 Å². The van der Waals surface area contributed by atoms with Gasteiger partial charge in [0.1, 0.15) is 0 Å². The first kappa shape index (κ1) is 17.0. The summed E-state index contributed by atoms with van der Waals surface area (Å²) in [6.07, 6.45) is 2.64. The number of carbonyl (C=O) groups excluding carboxylic acids is 1. The fourth-order valence-corrected chi connectivity index (χ4v) is 2.20. The minimum Gasteiger partial charge on any atom is -0.376 e. The van der Waals surface area contributed by atoms with E-state index in [4.69, 9.17) is 4.74 Å². The van der Waals surface area contributed by atoms with Crippen molar-refractivity contribution in [2.45, 2.75) is 31.9 Å². The maximum atomic E-state index is 11.7. The van der Waals surface area contributed by atoms with Crippen LogP contribution in [0.1, 0.15) is 24.8 Å². The predicted molar refractivity (Wildman–Crippen MR) is 82.0 cm³/mol. The molecule has 5 heteroatoms. The molecular weight excluding hydrogens is 276 g/mol. The summed E-state index contributed by atoms with van der Waals surface area (Å²) in [5.41, 5.74) is 1.14. The third-order valence-electron chi connectivity index (χ3n) is 3.25. The van der Waals surface area contributed by atoms with E-state index in [9.17, 15) is 4.79 Å². The molecule has 1 saturated heterocycles. The second-order valence-corrected chi connectivity index (χ2v) is 4.90. The highest BCUT2D eigenvalue weighted by molar-refractivity contribution is 5.85. The molecule has 1 aromatic rings. The number of hydrogen-bond donors (Lipinski definition) is 2. The van der Waals surface area contributed by atoms with Gasteiger partial charge in [0.15, 0.2) is 0 Å². The highest BCUT2D eigenvalue weighted by Gasteiger charge is 2.14. The van der Waals surface area contributed by atoms with Crippen molar-refractivity contribution >= 4 is 18.3 Å². The zero-order chi connectivity index (χ0) is 13.3. The van der Waals surface area contributed by atoms with Crippen molar-refractivity contribution in [1.82, 2.24) is 10.6 Å². The third kappa shape index (κ3) is 6.37. The second kappa shape index (κ2) is 9.75. The van der Waals surface area contributed by atoms with Crippen LogP contribution in [-0.4, -0.2) is 31.6 Å². The van der Waals surface area contributed by atoms with Crippen LogP contribution in [0.25, 0.3) is 0 Å². The van der Waals surface area contributed by atoms with E-state index in [0.717, 1.165) is 31.5 Å². The number of benzene rings is 1. The quantitative estimate of drug-likeness (QED) is 0.789. The van der Waals surface area contributed by atoms with Crippen molar-refractivity contribution < 1.29 is 9.53 Å². The van der Waals surface area contributed by atoms with Crippen LogP contribution in [0.15, 0.2) is 30.3 Å². The summed E-state index contributed by atoms with van der Waals surface area (Å²) in [6, 6.07) is 10.3. The molecule has 112 valence electrons. The Morgan fingerprint density at radius 3 is 2.85 bits per heavy atom. The second-order valence-electron chi connectivity index (χ2n) is 4.90. The number of hydrogen-bond acceptors (Lipinski definition) is 3. The molecule has 1 fully saturated rings. The van der Waals surface area contributed by atoms with E-state index >= 15 is 0 Å². The van der Waals surface area contributed by atoms with Crippen LogP contribution in [0.4, 0.5) is 0 Å². The van der Waals surface area contributed by atoms with E-state index in [2.05, 4.69) is 10.6 Å². The molecule has 2 rings (SSSR count). The molecule has 2 N–H and O–H groups in total. The molecule has 4 nitrogen and oxygen atoms in total. The first-order valence-electron chi connectivity index (χ1n) is 6.96. The van der Waals surface area contributed by atoms with E-state index in [1.165, 1.54) is 0 Å². The molecule has 0 saturated carbocycles. The lowest BCUT2D eigenvalue weighted by Gasteiger charge is -2.23. The maximum Gasteiger partial charge on any atom is 0.222 e. The van der Waals surface area contributed by atoms with Crippen LogP contribution in [-0.2, 0) is 16.1 Å². The van der Waals surface area contributed by atoms with Gasteiger partial charge in [0.05, 0.1) is 13.2 Å². The zero-order valence-electron chi connectivity index (χ0n) is 11.6. The smallest absolute Gasteiger partial charge is 0.222 e. The van der Waals surface area contributed by atoms with Gasteiger partial charge in [-0.15, -0.1) is 12.4 Å². The van der Waals surface area contributed by atoms with Gasteiger partial charge >= 0.3 is 0 Å². The molecule has 1 aromatic carbocycles. The molecule has 0 unspecified atom stereocenters. The molecule has 1 aliphatic heterocycles. The van der Waals surface area contributed by atoms with Gasteiger partial charge in [-0.3, -0.25) is 4.79 Å². The molecule has 0 aliphatic carbocycles. The molecule has 0 bridgehead atoms. The fourth-order valence-electron chi connectivity index (χ4n) is 2.20. The number of nitrogens with one attached hydrogen (secondary N) is 2. The van der Waals surface area contributed by atoms with Crippen molar-refractivity contribution in [2.24, 2.45) is 0 Å². The van der Waals surface area contributed by atoms with E-state index < -0.39 is 0 Å². The van der Waals surface area contributed by atoms with E-state index in [1.54, 1.807) is 0 Å². The van der Waals surface area contributed by atoms with Crippen molar-refractivity contribution in [2.75, 3.05) is 19.7 Å². The van der Waals surface area contributed by atoms with Crippen LogP contribution in [0.3, 0.4) is 0 Å². The number of piperidine rings is 1. The van der Waals surface area contributed by atoms with Gasteiger partial charge in [-0.05, 0) is 24.9 Å². The topological polar surface area (TPSA) is 50.4 Å². The lowest BCUT2D eigenvalue weighted by atomic mass is 10.1. The highest BCUT2D eigenvalue weighted by atomic mass is 35.5. The lowest BCUT2D eigenvalue weighted by Crippen LogP contribution is -2.45. The van der Waals surface area contributed by atoms with Crippen LogP contribution < -0.4 is 10.6 Å². The van der Waals surface area contributed by atoms with Crippen molar-refractivity contribution in [3.8, 4) is 0 Å². The Hall–Kier alpha value is -1.10. The summed E-state index contributed by atoms with van der Waals surface area (Å²) in [7, 11) is 0. The first-order valence-corrected chi connectivity index (χ1v) is 6.96. The third-order valence-corrected chi connectivity index (χ3v) is 3.25. The number of halogens is 1. The van der Waals surface area contributed by atoms with Crippen LogP contribution in [0.5, 0.6) is 0 Å². The van der Waals surface area contributed by atoms with Gasteiger partial charge < -0.3 is 15.4 Å². The number of ether oxygens (including phenoxy) is 1. The molecule has 1 heterocycles. The highest BCUT2D eigenvalue weighted by Crippen LogP contribution is 2.03. The van der Waals surface area contributed by atoms with Gasteiger partial charge in [-0.1, -0.05) is 30.3 Å². The fraction of sp³-hybridized carbons (Fsp3) is 0.533. The van der Waals surface area contributed by atoms with E-state index in [0.29, 0.717) is 19.6 Å². The summed E-state index contributed by atoms with van der Waals surface area (Å²) < 4.78 is 5.50. The molecule has 20 heavy (non-hydrogen) atoms. The number of amides is 1. The van der Waals surface area contributed by atoms with Crippen molar-refractivity contribution in [3.05, 3.63) is 35.9 Å². The Bertz CT molecular complexity index is 381. The summed E-state index contributed by atoms with van der Waals surface area (Å²) in [5.74, 6) is 0.0850. The van der Waals surface area contributed by atoms with Crippen molar-refractivity contribution in [3.63, 3.8) is 0 Å². The molecule has 1 atom stereocenters. The lowest BCUT2D eigenvalue weighted by molar-refractivity contribution is -0.123. The Morgan fingerprint density at radius 1 is 1.35 bits per heavy atom. The molecule has 0 radical (unpaired) electrons. The van der Waals surface area contributed by atoms with Gasteiger partial charge in [0, 0.05) is 19.0 Å². The Morgan fingerprint density at radius 2 is 2.15 bits per heavy atom. The van der Waals surface area contributed by atoms with E-state index in [1.807, 2.05) is 30.3 Å². The van der Waals surface area contributed by atoms with Crippen LogP contribution >= 0.6 is 12.4 Å². The molecule has 0 aromatic heterocycles. The molecule has 1 amide bonds. The van der Waals surface area contributed by atoms with Gasteiger partial charge in [0.25, 0.3) is 0 Å². The Labute approximate surface area is 126 Å². The normalized spacial score (nSPS) is 18.1. The van der Waals surface area contributed by atoms with Gasteiger partial charge in [-0.25, -0.2) is 0 Å². The number of carbonyl (C=O) groups is 1. The molecule has 1 aliphatic rings. The SMILES string of the molecule is Cl.O=C(CCOCc1ccccc1)N[C@H]1CCCNC1. The monoisotopic (exact) mass is 298 g/mol. The van der Waals surface area contributed by atoms with E-state index in [-0.39, 0.29) is 24.4 Å². The summed E-state index contributed by atoms with van der Waals surface area (Å²) >= 11 is 0. The first-order chi connectivity index (χ1) is 9.34. The number of rotatable bonds is 6. The summed E-state index contributed by atoms with van der Waals surface area (Å²) in [5, 5.41) is 6.32. The molecular formula is C15H23ClN2O2. The average Bonchev–Trinajstić information content (AvgIpc) is 2.46. The Kier molecular flexibility index (Phi) is 8.26.